The van der Waals surface area contributed by atoms with Crippen molar-refractivity contribution in [1.82, 2.24) is 9.97 Å². The van der Waals surface area contributed by atoms with Crippen LogP contribution in [0.15, 0.2) is 85.2 Å². The smallest absolute Gasteiger partial charge is 0.427 e. The van der Waals surface area contributed by atoms with Crippen molar-refractivity contribution in [3.05, 3.63) is 90.8 Å². The Labute approximate surface area is 236 Å². The molecule has 0 spiro atoms. The monoisotopic (exact) mass is 559 g/mol. The highest BCUT2D eigenvalue weighted by atomic mass is 28.4. The van der Waals surface area contributed by atoms with Crippen molar-refractivity contribution < 1.29 is 23.9 Å². The Morgan fingerprint density at radius 1 is 0.875 bits per heavy atom. The molecule has 0 radical (unpaired) electrons. The van der Waals surface area contributed by atoms with E-state index in [1.54, 1.807) is 33.2 Å². The summed E-state index contributed by atoms with van der Waals surface area (Å²) in [7, 11) is -2.72. The molecule has 4 rings (SSSR count). The third-order valence-corrected chi connectivity index (χ3v) is 11.9. The normalized spacial score (nSPS) is 17.4. The zero-order valence-electron chi connectivity index (χ0n) is 23.9. The summed E-state index contributed by atoms with van der Waals surface area (Å²) in [6, 6.07) is 21.0. The Balaban J connectivity index is 1.58. The van der Waals surface area contributed by atoms with Crippen LogP contribution in [0, 0.1) is 0 Å². The number of benzene rings is 2. The predicted molar refractivity (Wildman–Crippen MR) is 158 cm³/mol. The average Bonchev–Trinajstić information content (AvgIpc) is 3.35. The van der Waals surface area contributed by atoms with Gasteiger partial charge in [0.05, 0.1) is 6.10 Å². The van der Waals surface area contributed by atoms with Crippen molar-refractivity contribution in [3.63, 3.8) is 0 Å². The van der Waals surface area contributed by atoms with Crippen LogP contribution >= 0.6 is 0 Å². The van der Waals surface area contributed by atoms with Crippen LogP contribution in [0.25, 0.3) is 0 Å². The van der Waals surface area contributed by atoms with Crippen LogP contribution in [0.5, 0.6) is 0 Å². The molecule has 40 heavy (non-hydrogen) atoms. The van der Waals surface area contributed by atoms with Crippen molar-refractivity contribution in [2.75, 3.05) is 4.90 Å². The molecule has 0 fully saturated rings. The fourth-order valence-electron chi connectivity index (χ4n) is 5.11. The van der Waals surface area contributed by atoms with E-state index in [0.29, 0.717) is 11.3 Å². The van der Waals surface area contributed by atoms with Gasteiger partial charge in [-0.25, -0.2) is 19.6 Å². The number of ether oxygens (including phenoxy) is 1. The number of carboxylic acid groups (broad SMARTS) is 1. The highest BCUT2D eigenvalue weighted by molar-refractivity contribution is 6.99. The van der Waals surface area contributed by atoms with Gasteiger partial charge in [-0.05, 0) is 48.2 Å². The molecule has 9 heteroatoms. The molecule has 0 unspecified atom stereocenters. The van der Waals surface area contributed by atoms with Crippen molar-refractivity contribution in [3.8, 4) is 0 Å². The molecular weight excluding hydrogens is 522 g/mol. The van der Waals surface area contributed by atoms with Gasteiger partial charge in [0.15, 0.2) is 0 Å². The van der Waals surface area contributed by atoms with E-state index in [4.69, 9.17) is 9.16 Å². The second-order valence-corrected chi connectivity index (χ2v) is 16.2. The summed E-state index contributed by atoms with van der Waals surface area (Å²) in [6.07, 6.45) is 5.31. The number of carbonyl (C=O) groups is 2. The lowest BCUT2D eigenvalue weighted by Crippen LogP contribution is -2.67. The van der Waals surface area contributed by atoms with E-state index in [0.717, 1.165) is 5.56 Å². The zero-order valence-corrected chi connectivity index (χ0v) is 24.9. The highest BCUT2D eigenvalue weighted by Gasteiger charge is 2.51. The molecule has 1 aliphatic carbocycles. The molecule has 0 bridgehead atoms. The number of aromatic nitrogens is 2. The van der Waals surface area contributed by atoms with Gasteiger partial charge in [-0.15, -0.1) is 4.90 Å². The minimum Gasteiger partial charge on any atom is -0.464 e. The Morgan fingerprint density at radius 2 is 1.40 bits per heavy atom. The first-order valence-corrected chi connectivity index (χ1v) is 15.3. The van der Waals surface area contributed by atoms with Gasteiger partial charge in [0.1, 0.15) is 5.60 Å². The van der Waals surface area contributed by atoms with E-state index in [9.17, 15) is 14.7 Å². The molecule has 2 amide bonds. The first-order valence-electron chi connectivity index (χ1n) is 13.4. The summed E-state index contributed by atoms with van der Waals surface area (Å²) in [6.45, 7) is 11.7. The number of amides is 2. The van der Waals surface area contributed by atoms with Gasteiger partial charge in [0.2, 0.25) is 5.95 Å². The van der Waals surface area contributed by atoms with Crippen LogP contribution < -0.4 is 15.3 Å². The predicted octanol–water partition coefficient (Wildman–Crippen LogP) is 5.88. The number of hydrogen-bond donors (Lipinski definition) is 1. The number of anilines is 1. The maximum absolute atomic E-state index is 12.5. The van der Waals surface area contributed by atoms with E-state index in [2.05, 4.69) is 91.4 Å². The summed E-state index contributed by atoms with van der Waals surface area (Å²) < 4.78 is 12.4. The van der Waals surface area contributed by atoms with E-state index >= 15 is 0 Å². The molecule has 2 aromatic carbocycles. The molecule has 3 aromatic rings. The highest BCUT2D eigenvalue weighted by Crippen LogP contribution is 2.40. The summed E-state index contributed by atoms with van der Waals surface area (Å²) in [5, 5.41) is 11.9. The molecule has 2 atom stereocenters. The fraction of sp³-hybridized carbons (Fsp3) is 0.355. The van der Waals surface area contributed by atoms with Crippen LogP contribution in [0.1, 0.15) is 59.4 Å². The largest absolute Gasteiger partial charge is 0.464 e. The Kier molecular flexibility index (Phi) is 8.27. The van der Waals surface area contributed by atoms with E-state index < -0.39 is 26.1 Å². The molecular formula is C31H37N3O5Si. The maximum atomic E-state index is 12.5. The standard InChI is InChI=1S/C31H37N3O5Si/c1-30(2,3)38-29(37)34(28(35)36)27-32-20-23(21-33-27)22-17-18-24(19-22)39-40(31(4,5)6,25-13-9-7-10-14-25)26-15-11-8-12-16-26/h7-18,20-22,24H,19H2,1-6H3,(H,35,36)/t22-,24-/m0/s1. The summed E-state index contributed by atoms with van der Waals surface area (Å²) in [5.74, 6) is -0.273. The zero-order chi connectivity index (χ0) is 29.1. The number of nitrogens with zero attached hydrogens (tertiary/aromatic N) is 3. The first-order chi connectivity index (χ1) is 18.8. The molecule has 1 heterocycles. The van der Waals surface area contributed by atoms with Gasteiger partial charge in [-0.1, -0.05) is 93.6 Å². The SMILES string of the molecule is CC(C)(C)OC(=O)N(C(=O)O)c1ncc([C@H]2C=C[C@H](O[Si](c3ccccc3)(c3ccccc3)C(C)(C)C)C2)cn1. The van der Waals surface area contributed by atoms with Gasteiger partial charge in [-0.2, -0.15) is 0 Å². The van der Waals surface area contributed by atoms with Crippen molar-refractivity contribution in [1.29, 1.82) is 0 Å². The lowest BCUT2D eigenvalue weighted by atomic mass is 10.0. The topological polar surface area (TPSA) is 102 Å². The lowest BCUT2D eigenvalue weighted by molar-refractivity contribution is 0.0579. The van der Waals surface area contributed by atoms with Gasteiger partial charge < -0.3 is 14.3 Å². The van der Waals surface area contributed by atoms with Crippen LogP contribution in [-0.2, 0) is 9.16 Å². The minimum atomic E-state index is -2.72. The Morgan fingerprint density at radius 3 is 1.85 bits per heavy atom. The molecule has 210 valence electrons. The Hall–Kier alpha value is -3.82. The molecule has 0 saturated heterocycles. The quantitative estimate of drug-likeness (QED) is 0.297. The number of imide groups is 1. The molecule has 1 N–H and O–H groups in total. The molecule has 1 aromatic heterocycles. The van der Waals surface area contributed by atoms with Gasteiger partial charge in [-0.3, -0.25) is 0 Å². The van der Waals surface area contributed by atoms with E-state index in [1.807, 2.05) is 12.1 Å². The molecule has 8 nitrogen and oxygen atoms in total. The van der Waals surface area contributed by atoms with Gasteiger partial charge >= 0.3 is 12.2 Å². The second kappa shape index (κ2) is 11.3. The van der Waals surface area contributed by atoms with E-state index in [1.165, 1.54) is 10.4 Å². The number of rotatable bonds is 6. The number of allylic oxidation sites excluding steroid dienone is 1. The van der Waals surface area contributed by atoms with Crippen molar-refractivity contribution >= 4 is 36.8 Å². The Bertz CT molecular complexity index is 1310. The number of hydrogen-bond acceptors (Lipinski definition) is 6. The summed E-state index contributed by atoms with van der Waals surface area (Å²) >= 11 is 0. The van der Waals surface area contributed by atoms with Crippen LogP contribution in [-0.4, -0.2) is 47.3 Å². The third kappa shape index (κ3) is 6.16. The van der Waals surface area contributed by atoms with Gasteiger partial charge in [0.25, 0.3) is 8.32 Å². The lowest BCUT2D eigenvalue weighted by Gasteiger charge is -2.44. The van der Waals surface area contributed by atoms with Crippen molar-refractivity contribution in [2.24, 2.45) is 0 Å². The van der Waals surface area contributed by atoms with Crippen LogP contribution in [0.3, 0.4) is 0 Å². The maximum Gasteiger partial charge on any atom is 0.427 e. The third-order valence-electron chi connectivity index (χ3n) is 6.84. The molecule has 1 aliphatic rings. The first kappa shape index (κ1) is 29.2. The number of carbonyl (C=O) groups excluding carboxylic acids is 1. The minimum absolute atomic E-state index is 0.0166. The van der Waals surface area contributed by atoms with E-state index in [-0.39, 0.29) is 23.0 Å². The average molecular weight is 560 g/mol. The van der Waals surface area contributed by atoms with Crippen molar-refractivity contribution in [2.45, 2.75) is 70.6 Å². The molecule has 0 saturated carbocycles. The van der Waals surface area contributed by atoms with Crippen LogP contribution in [0.2, 0.25) is 5.04 Å². The fourth-order valence-corrected chi connectivity index (χ4v) is 9.75. The summed E-state index contributed by atoms with van der Waals surface area (Å²) in [5.41, 5.74) is -0.0532. The second-order valence-electron chi connectivity index (χ2n) is 12.0. The van der Waals surface area contributed by atoms with Crippen LogP contribution in [0.4, 0.5) is 15.5 Å². The summed E-state index contributed by atoms with van der Waals surface area (Å²) in [4.78, 5) is 33.0. The van der Waals surface area contributed by atoms with Gasteiger partial charge in [0, 0.05) is 18.3 Å². The molecule has 0 aliphatic heterocycles.